The molecule has 0 aromatic heterocycles. The summed E-state index contributed by atoms with van der Waals surface area (Å²) in [6.07, 6.45) is 2.75. The van der Waals surface area contributed by atoms with Crippen molar-refractivity contribution in [1.82, 2.24) is 5.01 Å². The van der Waals surface area contributed by atoms with E-state index in [0.29, 0.717) is 5.75 Å². The van der Waals surface area contributed by atoms with Crippen LogP contribution < -0.4 is 10.1 Å². The number of aliphatic imine (C=N–C) groups is 1. The summed E-state index contributed by atoms with van der Waals surface area (Å²) >= 11 is 1.40. The Morgan fingerprint density at radius 2 is 1.74 bits per heavy atom. The summed E-state index contributed by atoms with van der Waals surface area (Å²) in [5.41, 5.74) is 2.84. The molecule has 154 valence electrons. The van der Waals surface area contributed by atoms with Gasteiger partial charge in [-0.2, -0.15) is 5.10 Å². The van der Waals surface area contributed by atoms with Gasteiger partial charge in [0.05, 0.1) is 17.5 Å². The monoisotopic (exact) mass is 428 g/mol. The zero-order chi connectivity index (χ0) is 21.0. The molecule has 0 saturated carbocycles. The van der Waals surface area contributed by atoms with Gasteiger partial charge in [-0.1, -0.05) is 48.2 Å². The molecule has 5 rings (SSSR count). The van der Waals surface area contributed by atoms with Crippen molar-refractivity contribution in [3.63, 3.8) is 0 Å². The lowest BCUT2D eigenvalue weighted by Gasteiger charge is -2.29. The number of anilines is 1. The van der Waals surface area contributed by atoms with E-state index in [4.69, 9.17) is 9.73 Å². The maximum Gasteiger partial charge on any atom is 0.234 e. The van der Waals surface area contributed by atoms with Crippen LogP contribution in [0.1, 0.15) is 18.0 Å². The Balaban J connectivity index is 1.19. The summed E-state index contributed by atoms with van der Waals surface area (Å²) in [5, 5.41) is 10.0. The summed E-state index contributed by atoms with van der Waals surface area (Å²) < 4.78 is 5.78. The first-order chi connectivity index (χ1) is 15.3. The molecule has 0 bridgehead atoms. The lowest BCUT2D eigenvalue weighted by Crippen LogP contribution is -2.29. The van der Waals surface area contributed by atoms with Gasteiger partial charge in [-0.25, -0.2) is 10.0 Å². The quantitative estimate of drug-likeness (QED) is 0.576. The lowest BCUT2D eigenvalue weighted by atomic mass is 10.0. The van der Waals surface area contributed by atoms with Gasteiger partial charge in [-0.15, -0.1) is 0 Å². The smallest absolute Gasteiger partial charge is 0.234 e. The second-order valence-corrected chi connectivity index (χ2v) is 8.07. The van der Waals surface area contributed by atoms with E-state index < -0.39 is 0 Å². The zero-order valence-electron chi connectivity index (χ0n) is 16.6. The third kappa shape index (κ3) is 4.32. The fourth-order valence-corrected chi connectivity index (χ4v) is 4.34. The van der Waals surface area contributed by atoms with Crippen molar-refractivity contribution in [2.75, 3.05) is 11.1 Å². The van der Waals surface area contributed by atoms with E-state index >= 15 is 0 Å². The number of rotatable bonds is 5. The maximum absolute atomic E-state index is 12.5. The number of carbonyl (C=O) groups excluding carboxylic acids is 1. The summed E-state index contributed by atoms with van der Waals surface area (Å²) in [7, 11) is 0. The SMILES string of the molecule is O=C(CSC1=Nc2ccccc2C2CC=NN12)Nc1ccc(Oc2ccccc2)cc1. The highest BCUT2D eigenvalue weighted by Crippen LogP contribution is 2.40. The molecule has 31 heavy (non-hydrogen) atoms. The van der Waals surface area contributed by atoms with Crippen LogP contribution in [-0.4, -0.2) is 28.1 Å². The molecule has 2 aliphatic rings. The van der Waals surface area contributed by atoms with E-state index in [9.17, 15) is 4.79 Å². The van der Waals surface area contributed by atoms with Gasteiger partial charge in [-0.3, -0.25) is 4.79 Å². The van der Waals surface area contributed by atoms with Crippen molar-refractivity contribution in [3.8, 4) is 11.5 Å². The van der Waals surface area contributed by atoms with Crippen LogP contribution in [0, 0.1) is 0 Å². The van der Waals surface area contributed by atoms with Crippen LogP contribution in [0.15, 0.2) is 89.0 Å². The van der Waals surface area contributed by atoms with Gasteiger partial charge in [0, 0.05) is 23.9 Å². The maximum atomic E-state index is 12.5. The first-order valence-corrected chi connectivity index (χ1v) is 11.0. The number of ether oxygens (including phenoxy) is 1. The number of amidine groups is 1. The second-order valence-electron chi connectivity index (χ2n) is 7.12. The lowest BCUT2D eigenvalue weighted by molar-refractivity contribution is -0.113. The van der Waals surface area contributed by atoms with Crippen molar-refractivity contribution >= 4 is 40.4 Å². The second kappa shape index (κ2) is 8.65. The molecule has 3 aromatic carbocycles. The Morgan fingerprint density at radius 1 is 1.00 bits per heavy atom. The van der Waals surface area contributed by atoms with E-state index in [1.165, 1.54) is 17.3 Å². The van der Waals surface area contributed by atoms with Crippen molar-refractivity contribution in [2.45, 2.75) is 12.5 Å². The summed E-state index contributed by atoms with van der Waals surface area (Å²) in [6, 6.07) is 25.2. The molecule has 6 nitrogen and oxygen atoms in total. The molecular formula is C24H20N4O2S. The molecule has 3 aromatic rings. The highest BCUT2D eigenvalue weighted by molar-refractivity contribution is 8.14. The van der Waals surface area contributed by atoms with E-state index in [1.807, 2.05) is 84.0 Å². The van der Waals surface area contributed by atoms with Gasteiger partial charge in [0.1, 0.15) is 11.5 Å². The first kappa shape index (κ1) is 19.4. The Labute approximate surface area is 184 Å². The fraction of sp³-hybridized carbons (Fsp3) is 0.125. The highest BCUT2D eigenvalue weighted by atomic mass is 32.2. The number of amides is 1. The molecule has 1 amide bonds. The molecule has 1 N–H and O–H groups in total. The number of hydrogen-bond donors (Lipinski definition) is 1. The standard InChI is InChI=1S/C24H20N4O2S/c29-23(26-17-10-12-19(13-11-17)30-18-6-2-1-3-7-18)16-31-24-27-21-9-5-4-8-20(21)22-14-15-25-28(22)24/h1-13,15,22H,14,16H2,(H,26,29). The van der Waals surface area contributed by atoms with Crippen LogP contribution in [0.2, 0.25) is 0 Å². The van der Waals surface area contributed by atoms with Crippen molar-refractivity contribution < 1.29 is 9.53 Å². The molecule has 1 unspecified atom stereocenters. The summed E-state index contributed by atoms with van der Waals surface area (Å²) in [5.74, 6) is 1.64. The zero-order valence-corrected chi connectivity index (χ0v) is 17.5. The number of nitrogens with one attached hydrogen (secondary N) is 1. The van der Waals surface area contributed by atoms with Crippen LogP contribution in [0.5, 0.6) is 11.5 Å². The molecule has 0 spiro atoms. The van der Waals surface area contributed by atoms with Gasteiger partial charge < -0.3 is 10.1 Å². The number of para-hydroxylation sites is 2. The average Bonchev–Trinajstić information content (AvgIpc) is 3.30. The molecule has 0 fully saturated rings. The molecule has 7 heteroatoms. The topological polar surface area (TPSA) is 66.3 Å². The number of thioether (sulfide) groups is 1. The number of hydrogen-bond acceptors (Lipinski definition) is 6. The van der Waals surface area contributed by atoms with Gasteiger partial charge in [0.15, 0.2) is 5.17 Å². The number of nitrogens with zero attached hydrogens (tertiary/aromatic N) is 3. The van der Waals surface area contributed by atoms with Gasteiger partial charge >= 0.3 is 0 Å². The Hall–Kier alpha value is -3.58. The van der Waals surface area contributed by atoms with Crippen molar-refractivity contribution in [2.24, 2.45) is 10.1 Å². The number of fused-ring (bicyclic) bond motifs is 3. The summed E-state index contributed by atoms with van der Waals surface area (Å²) in [6.45, 7) is 0. The van der Waals surface area contributed by atoms with Crippen molar-refractivity contribution in [1.29, 1.82) is 0 Å². The molecule has 1 atom stereocenters. The van der Waals surface area contributed by atoms with Crippen molar-refractivity contribution in [3.05, 3.63) is 84.4 Å². The molecule has 2 heterocycles. The minimum Gasteiger partial charge on any atom is -0.457 e. The Bertz CT molecular complexity index is 1150. The van der Waals surface area contributed by atoms with E-state index in [2.05, 4.69) is 16.5 Å². The minimum absolute atomic E-state index is 0.0944. The van der Waals surface area contributed by atoms with Crippen LogP contribution >= 0.6 is 11.8 Å². The predicted octanol–water partition coefficient (Wildman–Crippen LogP) is 5.58. The van der Waals surface area contributed by atoms with Gasteiger partial charge in [0.25, 0.3) is 0 Å². The van der Waals surface area contributed by atoms with Crippen LogP contribution in [0.4, 0.5) is 11.4 Å². The van der Waals surface area contributed by atoms with E-state index in [1.54, 1.807) is 0 Å². The minimum atomic E-state index is -0.0944. The van der Waals surface area contributed by atoms with Gasteiger partial charge in [0.2, 0.25) is 5.91 Å². The van der Waals surface area contributed by atoms with E-state index in [-0.39, 0.29) is 17.7 Å². The Morgan fingerprint density at radius 3 is 2.58 bits per heavy atom. The number of benzene rings is 3. The molecule has 2 aliphatic heterocycles. The molecule has 0 saturated heterocycles. The molecule has 0 radical (unpaired) electrons. The van der Waals surface area contributed by atoms with Gasteiger partial charge in [-0.05, 0) is 42.5 Å². The van der Waals surface area contributed by atoms with Crippen LogP contribution in [-0.2, 0) is 4.79 Å². The van der Waals surface area contributed by atoms with Crippen LogP contribution in [0.25, 0.3) is 0 Å². The highest BCUT2D eigenvalue weighted by Gasteiger charge is 2.32. The average molecular weight is 429 g/mol. The fourth-order valence-electron chi connectivity index (χ4n) is 3.54. The normalized spacial score (nSPS) is 16.3. The van der Waals surface area contributed by atoms with E-state index in [0.717, 1.165) is 28.7 Å². The largest absolute Gasteiger partial charge is 0.457 e. The Kier molecular flexibility index (Phi) is 5.41. The molecule has 0 aliphatic carbocycles. The summed E-state index contributed by atoms with van der Waals surface area (Å²) in [4.78, 5) is 17.2. The third-order valence-corrected chi connectivity index (χ3v) is 5.93. The van der Waals surface area contributed by atoms with Crippen LogP contribution in [0.3, 0.4) is 0 Å². The number of hydrazone groups is 1. The predicted molar refractivity (Wildman–Crippen MR) is 125 cm³/mol. The number of carbonyl (C=O) groups is 1. The molecular weight excluding hydrogens is 408 g/mol. The third-order valence-electron chi connectivity index (χ3n) is 4.99. The first-order valence-electron chi connectivity index (χ1n) is 10.0.